The standard InChI is InChI=1S/C14H9F4NO4S/c15-9-4-5-12(11(7-9)14(16,17)18)19-24(22,23)10-3-1-2-8(6-10)13(20)21/h1-7,19H,(H,20,21). The molecule has 0 heterocycles. The van der Waals surface area contributed by atoms with E-state index >= 15 is 0 Å². The molecule has 0 amide bonds. The van der Waals surface area contributed by atoms with Crippen LogP contribution in [-0.4, -0.2) is 19.5 Å². The Labute approximate surface area is 133 Å². The lowest BCUT2D eigenvalue weighted by molar-refractivity contribution is -0.137. The van der Waals surface area contributed by atoms with Gasteiger partial charge in [-0.3, -0.25) is 4.72 Å². The SMILES string of the molecule is O=C(O)c1cccc(S(=O)(=O)Nc2ccc(F)cc2C(F)(F)F)c1. The lowest BCUT2D eigenvalue weighted by Gasteiger charge is -2.15. The number of alkyl halides is 3. The molecule has 10 heteroatoms. The minimum absolute atomic E-state index is 0.158. The van der Waals surface area contributed by atoms with Crippen molar-refractivity contribution in [1.29, 1.82) is 0 Å². The number of sulfonamides is 1. The highest BCUT2D eigenvalue weighted by Gasteiger charge is 2.35. The second kappa shape index (κ2) is 6.11. The number of anilines is 1. The van der Waals surface area contributed by atoms with Gasteiger partial charge in [-0.05, 0) is 36.4 Å². The Morgan fingerprint density at radius 2 is 1.75 bits per heavy atom. The van der Waals surface area contributed by atoms with E-state index in [2.05, 4.69) is 0 Å². The van der Waals surface area contributed by atoms with Gasteiger partial charge in [0.2, 0.25) is 0 Å². The van der Waals surface area contributed by atoms with Crippen LogP contribution >= 0.6 is 0 Å². The Kier molecular flexibility index (Phi) is 4.52. The lowest BCUT2D eigenvalue weighted by Crippen LogP contribution is -2.18. The predicted molar refractivity (Wildman–Crippen MR) is 75.6 cm³/mol. The van der Waals surface area contributed by atoms with E-state index in [0.29, 0.717) is 12.1 Å². The van der Waals surface area contributed by atoms with Crippen molar-refractivity contribution >= 4 is 21.7 Å². The van der Waals surface area contributed by atoms with Crippen LogP contribution in [-0.2, 0) is 16.2 Å². The fraction of sp³-hybridized carbons (Fsp3) is 0.0714. The van der Waals surface area contributed by atoms with Crippen LogP contribution in [0.5, 0.6) is 0 Å². The fourth-order valence-corrected chi connectivity index (χ4v) is 2.97. The van der Waals surface area contributed by atoms with Crippen LogP contribution in [0.2, 0.25) is 0 Å². The highest BCUT2D eigenvalue weighted by molar-refractivity contribution is 7.92. The van der Waals surface area contributed by atoms with Crippen LogP contribution in [0.1, 0.15) is 15.9 Å². The molecule has 0 aromatic heterocycles. The normalized spacial score (nSPS) is 12.0. The van der Waals surface area contributed by atoms with Crippen LogP contribution in [0.25, 0.3) is 0 Å². The molecule has 0 fully saturated rings. The highest BCUT2D eigenvalue weighted by Crippen LogP contribution is 2.36. The Bertz CT molecular complexity index is 894. The molecule has 0 bridgehead atoms. The number of carboxylic acid groups (broad SMARTS) is 1. The second-order valence-corrected chi connectivity index (χ2v) is 6.31. The maximum Gasteiger partial charge on any atom is 0.418 e. The van der Waals surface area contributed by atoms with Crippen molar-refractivity contribution in [3.63, 3.8) is 0 Å². The number of rotatable bonds is 4. The molecule has 2 aromatic rings. The van der Waals surface area contributed by atoms with Gasteiger partial charge < -0.3 is 5.11 Å². The molecule has 0 radical (unpaired) electrons. The molecule has 0 saturated carbocycles. The molecule has 0 saturated heterocycles. The van der Waals surface area contributed by atoms with E-state index < -0.39 is 44.1 Å². The summed E-state index contributed by atoms with van der Waals surface area (Å²) >= 11 is 0. The summed E-state index contributed by atoms with van der Waals surface area (Å²) in [5.74, 6) is -2.58. The Morgan fingerprint density at radius 3 is 2.33 bits per heavy atom. The third-order valence-electron chi connectivity index (χ3n) is 2.92. The summed E-state index contributed by atoms with van der Waals surface area (Å²) in [5, 5.41) is 8.84. The predicted octanol–water partition coefficient (Wildman–Crippen LogP) is 3.34. The van der Waals surface area contributed by atoms with Crippen molar-refractivity contribution in [2.24, 2.45) is 0 Å². The molecule has 24 heavy (non-hydrogen) atoms. The van der Waals surface area contributed by atoms with Crippen molar-refractivity contribution in [3.05, 3.63) is 59.4 Å². The summed E-state index contributed by atoms with van der Waals surface area (Å²) < 4.78 is 77.8. The Hall–Kier alpha value is -2.62. The van der Waals surface area contributed by atoms with Gasteiger partial charge >= 0.3 is 12.1 Å². The number of carboxylic acids is 1. The van der Waals surface area contributed by atoms with E-state index in [4.69, 9.17) is 5.11 Å². The van der Waals surface area contributed by atoms with Gasteiger partial charge in [-0.25, -0.2) is 17.6 Å². The number of hydrogen-bond donors (Lipinski definition) is 2. The molecule has 5 nitrogen and oxygen atoms in total. The number of nitrogens with one attached hydrogen (secondary N) is 1. The van der Waals surface area contributed by atoms with E-state index in [1.165, 1.54) is 0 Å². The monoisotopic (exact) mass is 363 g/mol. The molecule has 0 spiro atoms. The van der Waals surface area contributed by atoms with Gasteiger partial charge in [-0.2, -0.15) is 13.2 Å². The minimum atomic E-state index is -4.98. The van der Waals surface area contributed by atoms with Crippen molar-refractivity contribution in [3.8, 4) is 0 Å². The topological polar surface area (TPSA) is 83.5 Å². The molecule has 0 aliphatic heterocycles. The molecular weight excluding hydrogens is 354 g/mol. The summed E-state index contributed by atoms with van der Waals surface area (Å²) in [6.07, 6.45) is -4.98. The van der Waals surface area contributed by atoms with Crippen LogP contribution in [0.15, 0.2) is 47.4 Å². The van der Waals surface area contributed by atoms with Gasteiger partial charge in [0, 0.05) is 0 Å². The number of halogens is 4. The number of hydrogen-bond acceptors (Lipinski definition) is 3. The minimum Gasteiger partial charge on any atom is -0.478 e. The zero-order valence-electron chi connectivity index (χ0n) is 11.6. The summed E-state index contributed by atoms with van der Waals surface area (Å²) in [7, 11) is -4.50. The third kappa shape index (κ3) is 3.82. The smallest absolute Gasteiger partial charge is 0.418 e. The fourth-order valence-electron chi connectivity index (χ4n) is 1.84. The van der Waals surface area contributed by atoms with E-state index in [1.807, 2.05) is 0 Å². The van der Waals surface area contributed by atoms with Crippen molar-refractivity contribution in [1.82, 2.24) is 0 Å². The molecule has 0 unspecified atom stereocenters. The van der Waals surface area contributed by atoms with Crippen LogP contribution < -0.4 is 4.72 Å². The first-order valence-electron chi connectivity index (χ1n) is 6.23. The largest absolute Gasteiger partial charge is 0.478 e. The zero-order chi connectivity index (χ0) is 18.1. The summed E-state index contributed by atoms with van der Waals surface area (Å²) in [6.45, 7) is 0. The summed E-state index contributed by atoms with van der Waals surface area (Å²) in [4.78, 5) is 10.3. The molecule has 2 aromatic carbocycles. The number of aromatic carboxylic acids is 1. The summed E-state index contributed by atoms with van der Waals surface area (Å²) in [5.41, 5.74) is -2.72. The molecule has 2 rings (SSSR count). The quantitative estimate of drug-likeness (QED) is 0.816. The van der Waals surface area contributed by atoms with Crippen LogP contribution in [0.3, 0.4) is 0 Å². The van der Waals surface area contributed by atoms with Crippen molar-refractivity contribution in [2.75, 3.05) is 4.72 Å². The molecule has 2 N–H and O–H groups in total. The van der Waals surface area contributed by atoms with Gasteiger partial charge in [0.1, 0.15) is 5.82 Å². The highest BCUT2D eigenvalue weighted by atomic mass is 32.2. The van der Waals surface area contributed by atoms with Crippen LogP contribution in [0, 0.1) is 5.82 Å². The third-order valence-corrected chi connectivity index (χ3v) is 4.29. The summed E-state index contributed by atoms with van der Waals surface area (Å²) in [6, 6.07) is 5.53. The molecule has 0 atom stereocenters. The zero-order valence-corrected chi connectivity index (χ0v) is 12.5. The van der Waals surface area contributed by atoms with Gasteiger partial charge in [-0.1, -0.05) is 6.07 Å². The first-order chi connectivity index (χ1) is 11.0. The van der Waals surface area contributed by atoms with E-state index in [1.54, 1.807) is 4.72 Å². The Balaban J connectivity index is 2.47. The number of benzene rings is 2. The van der Waals surface area contributed by atoms with E-state index in [-0.39, 0.29) is 11.6 Å². The maximum absolute atomic E-state index is 13.0. The van der Waals surface area contributed by atoms with E-state index in [9.17, 15) is 30.8 Å². The molecule has 0 aliphatic carbocycles. The maximum atomic E-state index is 13.0. The van der Waals surface area contributed by atoms with Crippen molar-refractivity contribution in [2.45, 2.75) is 11.1 Å². The van der Waals surface area contributed by atoms with Crippen molar-refractivity contribution < 1.29 is 35.9 Å². The van der Waals surface area contributed by atoms with Gasteiger partial charge in [0.25, 0.3) is 10.0 Å². The van der Waals surface area contributed by atoms with Gasteiger partial charge in [0.05, 0.1) is 21.7 Å². The first-order valence-corrected chi connectivity index (χ1v) is 7.72. The van der Waals surface area contributed by atoms with Gasteiger partial charge in [-0.15, -0.1) is 0 Å². The van der Waals surface area contributed by atoms with Gasteiger partial charge in [0.15, 0.2) is 0 Å². The average molecular weight is 363 g/mol. The Morgan fingerprint density at radius 1 is 1.08 bits per heavy atom. The second-order valence-electron chi connectivity index (χ2n) is 4.63. The van der Waals surface area contributed by atoms with E-state index in [0.717, 1.165) is 24.3 Å². The molecular formula is C14H9F4NO4S. The number of carbonyl (C=O) groups is 1. The molecule has 128 valence electrons. The lowest BCUT2D eigenvalue weighted by atomic mass is 10.2. The van der Waals surface area contributed by atoms with Crippen LogP contribution in [0.4, 0.5) is 23.2 Å². The average Bonchev–Trinajstić information content (AvgIpc) is 2.48. The first kappa shape index (κ1) is 17.7. The molecule has 0 aliphatic rings.